The molecule has 0 aliphatic rings. The Hall–Kier alpha value is -1.88. The number of aromatic carboxylic acids is 1. The van der Waals surface area contributed by atoms with Crippen molar-refractivity contribution in [3.63, 3.8) is 0 Å². The minimum absolute atomic E-state index is 0.172. The molecule has 2 aromatic rings. The summed E-state index contributed by atoms with van der Waals surface area (Å²) in [7, 11) is 0. The molecule has 0 spiro atoms. The zero-order valence-corrected chi connectivity index (χ0v) is 12.4. The standard InChI is InChI=1S/C15H13BrFNO2/c1-2-18(12-5-3-4-11(17)9-12)14-7-6-10(16)8-13(14)15(19)20/h3-9H,2H2,1H3,(H,19,20). The van der Waals surface area contributed by atoms with Gasteiger partial charge in [0.25, 0.3) is 0 Å². The number of benzene rings is 2. The first kappa shape index (κ1) is 14.5. The number of hydrogen-bond acceptors (Lipinski definition) is 2. The molecule has 104 valence electrons. The zero-order chi connectivity index (χ0) is 14.7. The van der Waals surface area contributed by atoms with Crippen LogP contribution in [0.25, 0.3) is 0 Å². The molecule has 0 aliphatic heterocycles. The summed E-state index contributed by atoms with van der Waals surface area (Å²) < 4.78 is 14.0. The number of rotatable bonds is 4. The van der Waals surface area contributed by atoms with Gasteiger partial charge >= 0.3 is 5.97 Å². The summed E-state index contributed by atoms with van der Waals surface area (Å²) >= 11 is 3.26. The number of nitrogens with zero attached hydrogens (tertiary/aromatic N) is 1. The Balaban J connectivity index is 2.55. The average Bonchev–Trinajstić information content (AvgIpc) is 2.41. The van der Waals surface area contributed by atoms with Crippen molar-refractivity contribution in [2.24, 2.45) is 0 Å². The van der Waals surface area contributed by atoms with E-state index >= 15 is 0 Å². The van der Waals surface area contributed by atoms with E-state index in [9.17, 15) is 14.3 Å². The second-order valence-electron chi connectivity index (χ2n) is 4.19. The molecule has 0 atom stereocenters. The van der Waals surface area contributed by atoms with Crippen LogP contribution in [0.3, 0.4) is 0 Å². The molecule has 0 bridgehead atoms. The highest BCUT2D eigenvalue weighted by molar-refractivity contribution is 9.10. The van der Waals surface area contributed by atoms with Crippen LogP contribution in [0.5, 0.6) is 0 Å². The topological polar surface area (TPSA) is 40.5 Å². The number of carboxylic acids is 1. The molecule has 20 heavy (non-hydrogen) atoms. The molecule has 0 aliphatic carbocycles. The minimum atomic E-state index is -1.02. The number of halogens is 2. The molecule has 0 saturated carbocycles. The zero-order valence-electron chi connectivity index (χ0n) is 10.8. The summed E-state index contributed by atoms with van der Waals surface area (Å²) in [5.74, 6) is -1.37. The van der Waals surface area contributed by atoms with Crippen LogP contribution in [0.15, 0.2) is 46.9 Å². The fourth-order valence-corrected chi connectivity index (χ4v) is 2.41. The van der Waals surface area contributed by atoms with E-state index in [1.54, 1.807) is 35.2 Å². The Morgan fingerprint density at radius 2 is 2.05 bits per heavy atom. The third-order valence-electron chi connectivity index (χ3n) is 2.92. The first-order valence-corrected chi connectivity index (χ1v) is 6.88. The lowest BCUT2D eigenvalue weighted by Crippen LogP contribution is -2.19. The van der Waals surface area contributed by atoms with E-state index in [1.807, 2.05) is 6.92 Å². The van der Waals surface area contributed by atoms with Crippen molar-refractivity contribution >= 4 is 33.3 Å². The van der Waals surface area contributed by atoms with Crippen molar-refractivity contribution in [1.82, 2.24) is 0 Å². The van der Waals surface area contributed by atoms with Crippen LogP contribution < -0.4 is 4.90 Å². The molecule has 2 aromatic carbocycles. The Morgan fingerprint density at radius 1 is 1.30 bits per heavy atom. The molecule has 0 radical (unpaired) electrons. The summed E-state index contributed by atoms with van der Waals surface area (Å²) in [6.45, 7) is 2.42. The minimum Gasteiger partial charge on any atom is -0.478 e. The van der Waals surface area contributed by atoms with Crippen LogP contribution in [-0.4, -0.2) is 17.6 Å². The molecule has 0 saturated heterocycles. The van der Waals surface area contributed by atoms with Gasteiger partial charge in [0.1, 0.15) is 5.82 Å². The molecule has 1 N–H and O–H groups in total. The lowest BCUT2D eigenvalue weighted by molar-refractivity contribution is 0.0697. The predicted octanol–water partition coefficient (Wildman–Crippen LogP) is 4.44. The van der Waals surface area contributed by atoms with Gasteiger partial charge in [0.05, 0.1) is 11.3 Å². The number of carboxylic acid groups (broad SMARTS) is 1. The molecule has 5 heteroatoms. The number of hydrogen-bond donors (Lipinski definition) is 1. The lowest BCUT2D eigenvalue weighted by Gasteiger charge is -2.25. The van der Waals surface area contributed by atoms with Gasteiger partial charge in [-0.3, -0.25) is 0 Å². The van der Waals surface area contributed by atoms with Crippen LogP contribution in [0.4, 0.5) is 15.8 Å². The lowest BCUT2D eigenvalue weighted by atomic mass is 10.1. The van der Waals surface area contributed by atoms with Crippen LogP contribution >= 0.6 is 15.9 Å². The largest absolute Gasteiger partial charge is 0.478 e. The quantitative estimate of drug-likeness (QED) is 0.896. The van der Waals surface area contributed by atoms with Crippen molar-refractivity contribution in [3.05, 3.63) is 58.3 Å². The maximum absolute atomic E-state index is 13.4. The van der Waals surface area contributed by atoms with Gasteiger partial charge in [-0.2, -0.15) is 0 Å². The van der Waals surface area contributed by atoms with Gasteiger partial charge in [0.2, 0.25) is 0 Å². The van der Waals surface area contributed by atoms with Gasteiger partial charge in [-0.15, -0.1) is 0 Å². The SMILES string of the molecule is CCN(c1cccc(F)c1)c1ccc(Br)cc1C(=O)O. The van der Waals surface area contributed by atoms with Gasteiger partial charge in [-0.25, -0.2) is 9.18 Å². The molecule has 0 unspecified atom stereocenters. The van der Waals surface area contributed by atoms with Gasteiger partial charge in [-0.1, -0.05) is 22.0 Å². The van der Waals surface area contributed by atoms with E-state index in [1.165, 1.54) is 12.1 Å². The second kappa shape index (κ2) is 6.05. The molecular formula is C15H13BrFNO2. The monoisotopic (exact) mass is 337 g/mol. The summed E-state index contributed by atoms with van der Waals surface area (Å²) in [5.41, 5.74) is 1.33. The molecular weight excluding hydrogens is 325 g/mol. The molecule has 0 fully saturated rings. The summed E-state index contributed by atoms with van der Waals surface area (Å²) in [5, 5.41) is 9.31. The fraction of sp³-hybridized carbons (Fsp3) is 0.133. The van der Waals surface area contributed by atoms with E-state index < -0.39 is 5.97 Å². The van der Waals surface area contributed by atoms with Crippen molar-refractivity contribution in [2.45, 2.75) is 6.92 Å². The van der Waals surface area contributed by atoms with Crippen molar-refractivity contribution in [3.8, 4) is 0 Å². The van der Waals surface area contributed by atoms with E-state index in [0.717, 1.165) is 0 Å². The summed E-state index contributed by atoms with van der Waals surface area (Å²) in [4.78, 5) is 13.1. The van der Waals surface area contributed by atoms with Crippen molar-refractivity contribution < 1.29 is 14.3 Å². The van der Waals surface area contributed by atoms with Crippen LogP contribution in [-0.2, 0) is 0 Å². The first-order chi connectivity index (χ1) is 9.52. The van der Waals surface area contributed by atoms with E-state index in [2.05, 4.69) is 15.9 Å². The van der Waals surface area contributed by atoms with Crippen LogP contribution in [0.1, 0.15) is 17.3 Å². The van der Waals surface area contributed by atoms with Crippen LogP contribution in [0, 0.1) is 5.82 Å². The third-order valence-corrected chi connectivity index (χ3v) is 3.41. The van der Waals surface area contributed by atoms with Gasteiger partial charge in [0.15, 0.2) is 0 Å². The Labute approximate surface area is 124 Å². The first-order valence-electron chi connectivity index (χ1n) is 6.09. The number of carbonyl (C=O) groups is 1. The highest BCUT2D eigenvalue weighted by Gasteiger charge is 2.17. The van der Waals surface area contributed by atoms with Crippen LogP contribution in [0.2, 0.25) is 0 Å². The van der Waals surface area contributed by atoms with E-state index in [0.29, 0.717) is 22.4 Å². The van der Waals surface area contributed by atoms with Crippen molar-refractivity contribution in [1.29, 1.82) is 0 Å². The van der Waals surface area contributed by atoms with Gasteiger partial charge in [-0.05, 0) is 43.3 Å². The highest BCUT2D eigenvalue weighted by atomic mass is 79.9. The summed E-state index contributed by atoms with van der Waals surface area (Å²) in [6, 6.07) is 11.1. The molecule has 0 amide bonds. The average molecular weight is 338 g/mol. The second-order valence-corrected chi connectivity index (χ2v) is 5.11. The normalized spacial score (nSPS) is 10.3. The molecule has 0 heterocycles. The maximum Gasteiger partial charge on any atom is 0.337 e. The van der Waals surface area contributed by atoms with E-state index in [4.69, 9.17) is 0 Å². The Bertz CT molecular complexity index is 646. The Morgan fingerprint density at radius 3 is 2.65 bits per heavy atom. The molecule has 2 rings (SSSR count). The molecule has 3 nitrogen and oxygen atoms in total. The maximum atomic E-state index is 13.4. The molecule has 0 aromatic heterocycles. The highest BCUT2D eigenvalue weighted by Crippen LogP contribution is 2.30. The van der Waals surface area contributed by atoms with Gasteiger partial charge < -0.3 is 10.0 Å². The van der Waals surface area contributed by atoms with E-state index in [-0.39, 0.29) is 11.4 Å². The van der Waals surface area contributed by atoms with Gasteiger partial charge in [0, 0.05) is 16.7 Å². The van der Waals surface area contributed by atoms with Crippen molar-refractivity contribution in [2.75, 3.05) is 11.4 Å². The third kappa shape index (κ3) is 2.99. The Kier molecular flexibility index (Phi) is 4.39. The fourth-order valence-electron chi connectivity index (χ4n) is 2.05. The number of anilines is 2. The summed E-state index contributed by atoms with van der Waals surface area (Å²) in [6.07, 6.45) is 0. The smallest absolute Gasteiger partial charge is 0.337 e. The predicted molar refractivity (Wildman–Crippen MR) is 80.2 cm³/mol.